The van der Waals surface area contributed by atoms with E-state index in [0.29, 0.717) is 17.9 Å². The van der Waals surface area contributed by atoms with Gasteiger partial charge in [0.2, 0.25) is 0 Å². The monoisotopic (exact) mass is 325 g/mol. The molecule has 1 aromatic rings. The van der Waals surface area contributed by atoms with Gasteiger partial charge in [-0.1, -0.05) is 15.9 Å². The SMILES string of the molecule is COc1c(C)c(C)c(Br)c(C)c1C(=O)C1(CN)CC1. The van der Waals surface area contributed by atoms with Crippen molar-refractivity contribution in [2.45, 2.75) is 33.6 Å². The summed E-state index contributed by atoms with van der Waals surface area (Å²) >= 11 is 3.58. The Hall–Kier alpha value is -0.870. The topological polar surface area (TPSA) is 52.3 Å². The lowest BCUT2D eigenvalue weighted by atomic mass is 9.88. The highest BCUT2D eigenvalue weighted by Gasteiger charge is 2.50. The van der Waals surface area contributed by atoms with E-state index in [4.69, 9.17) is 10.5 Å². The van der Waals surface area contributed by atoms with Crippen molar-refractivity contribution in [2.75, 3.05) is 13.7 Å². The second-order valence-corrected chi connectivity index (χ2v) is 6.20. The normalized spacial score (nSPS) is 16.3. The van der Waals surface area contributed by atoms with Gasteiger partial charge in [0.15, 0.2) is 5.78 Å². The standard InChI is InChI=1S/C15H20BrNO2/c1-8-9(2)13(19-4)11(10(3)12(8)16)14(18)15(7-17)5-6-15/h5-7,17H2,1-4H3. The number of benzene rings is 1. The summed E-state index contributed by atoms with van der Waals surface area (Å²) in [4.78, 5) is 12.8. The number of hydrogen-bond acceptors (Lipinski definition) is 3. The van der Waals surface area contributed by atoms with Crippen molar-refractivity contribution in [3.63, 3.8) is 0 Å². The second-order valence-electron chi connectivity index (χ2n) is 5.41. The second kappa shape index (κ2) is 4.91. The molecule has 4 heteroatoms. The molecule has 19 heavy (non-hydrogen) atoms. The maximum Gasteiger partial charge on any atom is 0.174 e. The maximum atomic E-state index is 12.8. The third kappa shape index (κ3) is 2.11. The van der Waals surface area contributed by atoms with Crippen LogP contribution in [0.25, 0.3) is 0 Å². The molecular formula is C15H20BrNO2. The summed E-state index contributed by atoms with van der Waals surface area (Å²) in [6, 6.07) is 0. The summed E-state index contributed by atoms with van der Waals surface area (Å²) in [5.74, 6) is 0.830. The van der Waals surface area contributed by atoms with Gasteiger partial charge < -0.3 is 10.5 Å². The van der Waals surface area contributed by atoms with E-state index >= 15 is 0 Å². The lowest BCUT2D eigenvalue weighted by molar-refractivity contribution is 0.0901. The molecule has 0 radical (unpaired) electrons. The highest BCUT2D eigenvalue weighted by atomic mass is 79.9. The molecule has 0 heterocycles. The zero-order valence-corrected chi connectivity index (χ0v) is 13.5. The summed E-state index contributed by atoms with van der Waals surface area (Å²) < 4.78 is 6.49. The first-order valence-corrected chi connectivity index (χ1v) is 7.27. The number of hydrogen-bond donors (Lipinski definition) is 1. The van der Waals surface area contributed by atoms with Crippen molar-refractivity contribution >= 4 is 21.7 Å². The van der Waals surface area contributed by atoms with Gasteiger partial charge in [-0.15, -0.1) is 0 Å². The number of halogens is 1. The number of rotatable bonds is 4. The molecule has 1 saturated carbocycles. The van der Waals surface area contributed by atoms with Crippen molar-refractivity contribution in [3.8, 4) is 5.75 Å². The van der Waals surface area contributed by atoms with E-state index < -0.39 is 0 Å². The number of ether oxygens (including phenoxy) is 1. The van der Waals surface area contributed by atoms with Crippen LogP contribution in [0.5, 0.6) is 5.75 Å². The summed E-state index contributed by atoms with van der Waals surface area (Å²) in [6.45, 7) is 6.38. The number of methoxy groups -OCH3 is 1. The molecule has 2 N–H and O–H groups in total. The highest BCUT2D eigenvalue weighted by molar-refractivity contribution is 9.10. The fourth-order valence-corrected chi connectivity index (χ4v) is 3.05. The fraction of sp³-hybridized carbons (Fsp3) is 0.533. The third-order valence-electron chi connectivity index (χ3n) is 4.32. The van der Waals surface area contributed by atoms with Crippen LogP contribution in [0.15, 0.2) is 4.47 Å². The van der Waals surface area contributed by atoms with Crippen LogP contribution in [0.1, 0.15) is 39.9 Å². The van der Waals surface area contributed by atoms with E-state index in [-0.39, 0.29) is 11.2 Å². The van der Waals surface area contributed by atoms with Gasteiger partial charge in [-0.25, -0.2) is 0 Å². The first-order chi connectivity index (χ1) is 8.89. The summed E-state index contributed by atoms with van der Waals surface area (Å²) in [5.41, 5.74) is 9.20. The highest BCUT2D eigenvalue weighted by Crippen LogP contribution is 2.50. The summed E-state index contributed by atoms with van der Waals surface area (Å²) in [7, 11) is 1.62. The van der Waals surface area contributed by atoms with Gasteiger partial charge in [0.1, 0.15) is 5.75 Å². The van der Waals surface area contributed by atoms with Gasteiger partial charge in [-0.3, -0.25) is 4.79 Å². The van der Waals surface area contributed by atoms with Crippen LogP contribution >= 0.6 is 15.9 Å². The Morgan fingerprint density at radius 3 is 2.26 bits per heavy atom. The van der Waals surface area contributed by atoms with Crippen LogP contribution in [-0.4, -0.2) is 19.4 Å². The molecule has 0 atom stereocenters. The van der Waals surface area contributed by atoms with Crippen LogP contribution < -0.4 is 10.5 Å². The van der Waals surface area contributed by atoms with Crippen LogP contribution in [0.3, 0.4) is 0 Å². The molecule has 1 aliphatic carbocycles. The van der Waals surface area contributed by atoms with Crippen molar-refractivity contribution in [1.82, 2.24) is 0 Å². The molecule has 0 aliphatic heterocycles. The Kier molecular flexibility index (Phi) is 3.76. The van der Waals surface area contributed by atoms with Crippen LogP contribution in [0.2, 0.25) is 0 Å². The predicted octanol–water partition coefficient (Wildman–Crippen LogP) is 3.30. The van der Waals surface area contributed by atoms with E-state index in [1.807, 2.05) is 20.8 Å². The molecule has 2 rings (SSSR count). The lowest BCUT2D eigenvalue weighted by Gasteiger charge is -2.21. The Labute approximate surface area is 122 Å². The van der Waals surface area contributed by atoms with Gasteiger partial charge >= 0.3 is 0 Å². The lowest BCUT2D eigenvalue weighted by Crippen LogP contribution is -2.27. The average molecular weight is 326 g/mol. The zero-order valence-electron chi connectivity index (χ0n) is 11.9. The number of nitrogens with two attached hydrogens (primary N) is 1. The third-order valence-corrected chi connectivity index (χ3v) is 5.51. The molecule has 0 aromatic heterocycles. The maximum absolute atomic E-state index is 12.8. The van der Waals surface area contributed by atoms with Gasteiger partial charge in [0.25, 0.3) is 0 Å². The van der Waals surface area contributed by atoms with E-state index in [0.717, 1.165) is 34.0 Å². The van der Waals surface area contributed by atoms with Gasteiger partial charge in [0.05, 0.1) is 12.7 Å². The largest absolute Gasteiger partial charge is 0.496 e. The Balaban J connectivity index is 2.66. The molecule has 3 nitrogen and oxygen atoms in total. The van der Waals surface area contributed by atoms with Crippen LogP contribution in [0.4, 0.5) is 0 Å². The average Bonchev–Trinajstić information content (AvgIpc) is 3.20. The van der Waals surface area contributed by atoms with E-state index in [1.54, 1.807) is 7.11 Å². The number of carbonyl (C=O) groups is 1. The Bertz CT molecular complexity index is 548. The molecule has 104 valence electrons. The molecule has 0 spiro atoms. The predicted molar refractivity (Wildman–Crippen MR) is 80.0 cm³/mol. The van der Waals surface area contributed by atoms with Crippen molar-refractivity contribution in [3.05, 3.63) is 26.7 Å². The molecule has 0 unspecified atom stereocenters. The number of Topliss-reactive ketones (excluding diaryl/α,β-unsaturated/α-hetero) is 1. The quantitative estimate of drug-likeness (QED) is 0.864. The van der Waals surface area contributed by atoms with Gasteiger partial charge in [-0.2, -0.15) is 0 Å². The van der Waals surface area contributed by atoms with Gasteiger partial charge in [0, 0.05) is 16.4 Å². The van der Waals surface area contributed by atoms with Crippen molar-refractivity contribution in [2.24, 2.45) is 11.1 Å². The molecule has 1 fully saturated rings. The first-order valence-electron chi connectivity index (χ1n) is 6.47. The molecule has 0 bridgehead atoms. The Morgan fingerprint density at radius 1 is 1.26 bits per heavy atom. The minimum absolute atomic E-state index is 0.133. The summed E-state index contributed by atoms with van der Waals surface area (Å²) in [6.07, 6.45) is 1.77. The van der Waals surface area contributed by atoms with Crippen molar-refractivity contribution < 1.29 is 9.53 Å². The zero-order chi connectivity index (χ0) is 14.4. The fourth-order valence-electron chi connectivity index (χ4n) is 2.55. The molecular weight excluding hydrogens is 306 g/mol. The van der Waals surface area contributed by atoms with E-state index in [1.165, 1.54) is 0 Å². The smallest absolute Gasteiger partial charge is 0.174 e. The minimum atomic E-state index is -0.348. The van der Waals surface area contributed by atoms with Crippen LogP contribution in [0, 0.1) is 26.2 Å². The number of carbonyl (C=O) groups excluding carboxylic acids is 1. The first kappa shape index (κ1) is 14.5. The minimum Gasteiger partial charge on any atom is -0.496 e. The van der Waals surface area contributed by atoms with Gasteiger partial charge in [-0.05, 0) is 50.3 Å². The summed E-state index contributed by atoms with van der Waals surface area (Å²) in [5, 5.41) is 0. The van der Waals surface area contributed by atoms with E-state index in [2.05, 4.69) is 15.9 Å². The Morgan fingerprint density at radius 2 is 1.84 bits per heavy atom. The number of ketones is 1. The van der Waals surface area contributed by atoms with Crippen molar-refractivity contribution in [1.29, 1.82) is 0 Å². The molecule has 0 amide bonds. The molecule has 1 aromatic carbocycles. The molecule has 1 aliphatic rings. The van der Waals surface area contributed by atoms with E-state index in [9.17, 15) is 4.79 Å². The molecule has 0 saturated heterocycles. The van der Waals surface area contributed by atoms with Crippen LogP contribution in [-0.2, 0) is 0 Å².